The van der Waals surface area contributed by atoms with Gasteiger partial charge in [0.1, 0.15) is 5.38 Å². The van der Waals surface area contributed by atoms with Crippen LogP contribution in [-0.2, 0) is 4.79 Å². The first-order valence-electron chi connectivity index (χ1n) is 5.57. The van der Waals surface area contributed by atoms with Crippen molar-refractivity contribution in [2.24, 2.45) is 11.8 Å². The van der Waals surface area contributed by atoms with E-state index in [4.69, 9.17) is 11.6 Å². The van der Waals surface area contributed by atoms with Gasteiger partial charge in [-0.3, -0.25) is 4.79 Å². The molecule has 0 radical (unpaired) electrons. The van der Waals surface area contributed by atoms with Crippen molar-refractivity contribution in [3.05, 3.63) is 0 Å². The average Bonchev–Trinajstić information content (AvgIpc) is 2.18. The van der Waals surface area contributed by atoms with Crippen molar-refractivity contribution in [3.63, 3.8) is 0 Å². The molecule has 0 spiro atoms. The Morgan fingerprint density at radius 1 is 1.43 bits per heavy atom. The first-order chi connectivity index (χ1) is 6.65. The molecule has 1 amide bonds. The first-order valence-corrected chi connectivity index (χ1v) is 6.00. The number of hydrogen-bond acceptors (Lipinski definition) is 1. The molecule has 0 aromatic rings. The van der Waals surface area contributed by atoms with E-state index < -0.39 is 0 Å². The molecule has 1 unspecified atom stereocenters. The predicted octanol–water partition coefficient (Wildman–Crippen LogP) is 2.56. The van der Waals surface area contributed by atoms with Gasteiger partial charge in [-0.25, -0.2) is 0 Å². The van der Waals surface area contributed by atoms with Gasteiger partial charge in [0, 0.05) is 6.54 Å². The van der Waals surface area contributed by atoms with Gasteiger partial charge in [-0.1, -0.05) is 19.8 Å². The number of rotatable bonds is 3. The SMILES string of the molecule is CCNC(=O)C(Cl)C1CCC(C)CC1. The Hall–Kier alpha value is -0.240. The first kappa shape index (κ1) is 11.8. The maximum atomic E-state index is 11.5. The molecule has 2 nitrogen and oxygen atoms in total. The Labute approximate surface area is 91.4 Å². The van der Waals surface area contributed by atoms with Gasteiger partial charge < -0.3 is 5.32 Å². The minimum atomic E-state index is -0.317. The van der Waals surface area contributed by atoms with Crippen molar-refractivity contribution in [1.82, 2.24) is 5.32 Å². The Morgan fingerprint density at radius 2 is 2.00 bits per heavy atom. The molecule has 1 saturated carbocycles. The molecule has 1 N–H and O–H groups in total. The Morgan fingerprint density at radius 3 is 2.50 bits per heavy atom. The van der Waals surface area contributed by atoms with Crippen molar-refractivity contribution in [2.75, 3.05) is 6.54 Å². The molecule has 0 aromatic heterocycles. The third-order valence-electron chi connectivity index (χ3n) is 3.08. The van der Waals surface area contributed by atoms with Gasteiger partial charge in [0.05, 0.1) is 0 Å². The maximum Gasteiger partial charge on any atom is 0.238 e. The third kappa shape index (κ3) is 3.16. The van der Waals surface area contributed by atoms with Gasteiger partial charge in [-0.15, -0.1) is 11.6 Å². The van der Waals surface area contributed by atoms with E-state index >= 15 is 0 Å². The van der Waals surface area contributed by atoms with Crippen LogP contribution in [0.1, 0.15) is 39.5 Å². The smallest absolute Gasteiger partial charge is 0.238 e. The van der Waals surface area contributed by atoms with Gasteiger partial charge in [0.25, 0.3) is 0 Å². The fraction of sp³-hybridized carbons (Fsp3) is 0.909. The minimum Gasteiger partial charge on any atom is -0.355 e. The summed E-state index contributed by atoms with van der Waals surface area (Å²) in [7, 11) is 0. The molecule has 1 fully saturated rings. The zero-order valence-electron chi connectivity index (χ0n) is 9.05. The van der Waals surface area contributed by atoms with Crippen molar-refractivity contribution in [3.8, 4) is 0 Å². The second-order valence-electron chi connectivity index (χ2n) is 4.32. The van der Waals surface area contributed by atoms with Crippen molar-refractivity contribution >= 4 is 17.5 Å². The van der Waals surface area contributed by atoms with Crippen LogP contribution < -0.4 is 5.32 Å². The maximum absolute atomic E-state index is 11.5. The van der Waals surface area contributed by atoms with E-state index in [2.05, 4.69) is 12.2 Å². The molecule has 1 rings (SSSR count). The fourth-order valence-electron chi connectivity index (χ4n) is 2.06. The van der Waals surface area contributed by atoms with Crippen LogP contribution in [0.4, 0.5) is 0 Å². The number of carbonyl (C=O) groups is 1. The van der Waals surface area contributed by atoms with Crippen molar-refractivity contribution < 1.29 is 4.79 Å². The number of hydrogen-bond donors (Lipinski definition) is 1. The van der Waals surface area contributed by atoms with Gasteiger partial charge in [0.2, 0.25) is 5.91 Å². The molecule has 0 heterocycles. The highest BCUT2D eigenvalue weighted by Gasteiger charge is 2.28. The molecule has 1 aliphatic rings. The fourth-order valence-corrected chi connectivity index (χ4v) is 2.39. The predicted molar refractivity (Wildman–Crippen MR) is 59.4 cm³/mol. The van der Waals surface area contributed by atoms with Gasteiger partial charge in [-0.05, 0) is 31.6 Å². The van der Waals surface area contributed by atoms with E-state index in [-0.39, 0.29) is 11.3 Å². The van der Waals surface area contributed by atoms with Crippen molar-refractivity contribution in [2.45, 2.75) is 44.9 Å². The largest absolute Gasteiger partial charge is 0.355 e. The summed E-state index contributed by atoms with van der Waals surface area (Å²) in [5.74, 6) is 1.21. The summed E-state index contributed by atoms with van der Waals surface area (Å²) in [4.78, 5) is 11.5. The van der Waals surface area contributed by atoms with Crippen LogP contribution in [0.5, 0.6) is 0 Å². The summed E-state index contributed by atoms with van der Waals surface area (Å²) >= 11 is 6.12. The average molecular weight is 218 g/mol. The number of alkyl halides is 1. The second kappa shape index (κ2) is 5.59. The van der Waals surface area contributed by atoms with E-state index in [0.29, 0.717) is 12.5 Å². The lowest BCUT2D eigenvalue weighted by Gasteiger charge is -2.28. The van der Waals surface area contributed by atoms with E-state index in [9.17, 15) is 4.79 Å². The molecule has 0 bridgehead atoms. The highest BCUT2D eigenvalue weighted by molar-refractivity contribution is 6.30. The summed E-state index contributed by atoms with van der Waals surface area (Å²) in [6, 6.07) is 0. The normalized spacial score (nSPS) is 29.6. The molecule has 14 heavy (non-hydrogen) atoms. The van der Waals surface area contributed by atoms with E-state index in [1.54, 1.807) is 0 Å². The van der Waals surface area contributed by atoms with E-state index in [0.717, 1.165) is 18.8 Å². The Kier molecular flexibility index (Phi) is 4.73. The summed E-state index contributed by atoms with van der Waals surface area (Å²) in [5.41, 5.74) is 0. The third-order valence-corrected chi connectivity index (χ3v) is 3.63. The lowest BCUT2D eigenvalue weighted by atomic mass is 9.81. The molecular weight excluding hydrogens is 198 g/mol. The van der Waals surface area contributed by atoms with Crippen molar-refractivity contribution in [1.29, 1.82) is 0 Å². The number of carbonyl (C=O) groups excluding carboxylic acids is 1. The van der Waals surface area contributed by atoms with Crippen LogP contribution in [0.15, 0.2) is 0 Å². The van der Waals surface area contributed by atoms with Crippen LogP contribution in [0.2, 0.25) is 0 Å². The van der Waals surface area contributed by atoms with E-state index in [1.807, 2.05) is 6.92 Å². The molecule has 3 heteroatoms. The zero-order chi connectivity index (χ0) is 10.6. The summed E-state index contributed by atoms with van der Waals surface area (Å²) in [6.07, 6.45) is 4.64. The topological polar surface area (TPSA) is 29.1 Å². The minimum absolute atomic E-state index is 0.00807. The van der Waals surface area contributed by atoms with Gasteiger partial charge in [0.15, 0.2) is 0 Å². The number of halogens is 1. The standard InChI is InChI=1S/C11H20ClNO/c1-3-13-11(14)10(12)9-6-4-8(2)5-7-9/h8-10H,3-7H2,1-2H3,(H,13,14). The Bertz CT molecular complexity index is 188. The van der Waals surface area contributed by atoms with Gasteiger partial charge >= 0.3 is 0 Å². The van der Waals surface area contributed by atoms with Crippen LogP contribution in [0.25, 0.3) is 0 Å². The van der Waals surface area contributed by atoms with Crippen LogP contribution in [-0.4, -0.2) is 17.8 Å². The molecule has 1 atom stereocenters. The zero-order valence-corrected chi connectivity index (χ0v) is 9.81. The molecular formula is C11H20ClNO. The molecule has 0 saturated heterocycles. The van der Waals surface area contributed by atoms with Crippen LogP contribution in [0.3, 0.4) is 0 Å². The van der Waals surface area contributed by atoms with E-state index in [1.165, 1.54) is 12.8 Å². The molecule has 0 aromatic carbocycles. The van der Waals surface area contributed by atoms with Crippen LogP contribution in [0, 0.1) is 11.8 Å². The highest BCUT2D eigenvalue weighted by Crippen LogP contribution is 2.32. The second-order valence-corrected chi connectivity index (χ2v) is 4.79. The lowest BCUT2D eigenvalue weighted by molar-refractivity contribution is -0.121. The molecule has 82 valence electrons. The summed E-state index contributed by atoms with van der Waals surface area (Å²) < 4.78 is 0. The molecule has 1 aliphatic carbocycles. The number of amides is 1. The van der Waals surface area contributed by atoms with Gasteiger partial charge in [-0.2, -0.15) is 0 Å². The summed E-state index contributed by atoms with van der Waals surface area (Å²) in [5, 5.41) is 2.47. The Balaban J connectivity index is 2.37. The number of nitrogens with one attached hydrogen (secondary N) is 1. The highest BCUT2D eigenvalue weighted by atomic mass is 35.5. The quantitative estimate of drug-likeness (QED) is 0.724. The van der Waals surface area contributed by atoms with Crippen LogP contribution >= 0.6 is 11.6 Å². The summed E-state index contributed by atoms with van der Waals surface area (Å²) in [6.45, 7) is 4.86. The molecule has 0 aliphatic heterocycles. The monoisotopic (exact) mass is 217 g/mol. The lowest BCUT2D eigenvalue weighted by Crippen LogP contribution is -2.37.